The van der Waals surface area contributed by atoms with E-state index in [1.165, 1.54) is 6.42 Å². The average Bonchev–Trinajstić information content (AvgIpc) is 2.46. The van der Waals surface area contributed by atoms with Gasteiger partial charge in [-0.3, -0.25) is 0 Å². The number of fused-ring (bicyclic) bond motifs is 1. The zero-order valence-corrected chi connectivity index (χ0v) is 11.4. The van der Waals surface area contributed by atoms with Crippen molar-refractivity contribution in [3.63, 3.8) is 0 Å². The van der Waals surface area contributed by atoms with Crippen molar-refractivity contribution in [3.05, 3.63) is 24.3 Å². The molecule has 0 aliphatic carbocycles. The first-order valence-electron chi connectivity index (χ1n) is 7.17. The molecule has 0 saturated carbocycles. The second-order valence-corrected chi connectivity index (χ2v) is 5.69. The molecule has 2 aliphatic rings. The highest BCUT2D eigenvalue weighted by Crippen LogP contribution is 2.37. The van der Waals surface area contributed by atoms with Crippen molar-refractivity contribution in [2.45, 2.75) is 24.9 Å². The Morgan fingerprint density at radius 2 is 1.85 bits per heavy atom. The SMILES string of the molecule is Nc1nc(N2CCC3(CCO3)CC2)nc2ccccc12. The summed E-state index contributed by atoms with van der Waals surface area (Å²) in [5, 5.41) is 0.923. The number of aromatic nitrogens is 2. The van der Waals surface area contributed by atoms with E-state index >= 15 is 0 Å². The lowest BCUT2D eigenvalue weighted by Gasteiger charge is -2.47. The van der Waals surface area contributed by atoms with Crippen molar-refractivity contribution >= 4 is 22.7 Å². The van der Waals surface area contributed by atoms with E-state index in [0.29, 0.717) is 5.82 Å². The van der Waals surface area contributed by atoms with Gasteiger partial charge in [0.1, 0.15) is 5.82 Å². The minimum Gasteiger partial charge on any atom is -0.383 e. The molecule has 3 heterocycles. The van der Waals surface area contributed by atoms with Gasteiger partial charge in [-0.1, -0.05) is 12.1 Å². The Bertz CT molecular complexity index is 643. The molecular weight excluding hydrogens is 252 g/mol. The van der Waals surface area contributed by atoms with Gasteiger partial charge in [-0.2, -0.15) is 4.98 Å². The van der Waals surface area contributed by atoms with Gasteiger partial charge in [0.15, 0.2) is 0 Å². The van der Waals surface area contributed by atoms with Crippen LogP contribution in [0.1, 0.15) is 19.3 Å². The van der Waals surface area contributed by atoms with Crippen LogP contribution in [0.25, 0.3) is 10.9 Å². The van der Waals surface area contributed by atoms with Gasteiger partial charge in [0.05, 0.1) is 17.7 Å². The Morgan fingerprint density at radius 1 is 1.10 bits per heavy atom. The molecule has 2 saturated heterocycles. The lowest BCUT2D eigenvalue weighted by Crippen LogP contribution is -2.52. The second-order valence-electron chi connectivity index (χ2n) is 5.69. The topological polar surface area (TPSA) is 64.3 Å². The number of anilines is 2. The minimum atomic E-state index is 0.152. The Morgan fingerprint density at radius 3 is 2.55 bits per heavy atom. The number of benzene rings is 1. The standard InChI is InChI=1S/C15H18N4O/c16-13-11-3-1-2-4-12(11)17-14(18-13)19-8-5-15(6-9-19)7-10-20-15/h1-4H,5-10H2,(H2,16,17,18). The summed E-state index contributed by atoms with van der Waals surface area (Å²) in [5.41, 5.74) is 7.12. The Labute approximate surface area is 117 Å². The van der Waals surface area contributed by atoms with Crippen molar-refractivity contribution in [3.8, 4) is 0 Å². The average molecular weight is 270 g/mol. The number of hydrogen-bond acceptors (Lipinski definition) is 5. The van der Waals surface area contributed by atoms with Gasteiger partial charge in [-0.05, 0) is 31.4 Å². The van der Waals surface area contributed by atoms with Crippen LogP contribution in [-0.4, -0.2) is 35.3 Å². The van der Waals surface area contributed by atoms with Crippen molar-refractivity contribution in [2.75, 3.05) is 30.3 Å². The van der Waals surface area contributed by atoms with Crippen molar-refractivity contribution < 1.29 is 4.74 Å². The van der Waals surface area contributed by atoms with Crippen LogP contribution in [-0.2, 0) is 4.74 Å². The first-order chi connectivity index (χ1) is 9.76. The molecule has 2 aromatic rings. The normalized spacial score (nSPS) is 21.1. The number of nitrogen functional groups attached to an aromatic ring is 1. The maximum Gasteiger partial charge on any atom is 0.227 e. The van der Waals surface area contributed by atoms with Crippen LogP contribution in [0.4, 0.5) is 11.8 Å². The highest BCUT2D eigenvalue weighted by molar-refractivity contribution is 5.88. The fourth-order valence-electron chi connectivity index (χ4n) is 3.13. The van der Waals surface area contributed by atoms with E-state index < -0.39 is 0 Å². The van der Waals surface area contributed by atoms with Gasteiger partial charge < -0.3 is 15.4 Å². The Kier molecular flexibility index (Phi) is 2.57. The molecule has 2 aliphatic heterocycles. The molecule has 0 bridgehead atoms. The number of nitrogens with zero attached hydrogens (tertiary/aromatic N) is 3. The molecule has 1 aromatic heterocycles. The molecular formula is C15H18N4O. The van der Waals surface area contributed by atoms with Crippen molar-refractivity contribution in [2.24, 2.45) is 0 Å². The zero-order chi connectivity index (χ0) is 13.6. The predicted molar refractivity (Wildman–Crippen MR) is 78.7 cm³/mol. The summed E-state index contributed by atoms with van der Waals surface area (Å²) in [7, 11) is 0. The van der Waals surface area contributed by atoms with Crippen LogP contribution >= 0.6 is 0 Å². The monoisotopic (exact) mass is 270 g/mol. The van der Waals surface area contributed by atoms with E-state index in [2.05, 4.69) is 14.9 Å². The van der Waals surface area contributed by atoms with Crippen LogP contribution < -0.4 is 10.6 Å². The van der Waals surface area contributed by atoms with E-state index in [-0.39, 0.29) is 5.60 Å². The summed E-state index contributed by atoms with van der Waals surface area (Å²) < 4.78 is 5.75. The quantitative estimate of drug-likeness (QED) is 0.858. The minimum absolute atomic E-state index is 0.152. The summed E-state index contributed by atoms with van der Waals surface area (Å²) in [4.78, 5) is 11.3. The Balaban J connectivity index is 1.62. The van der Waals surface area contributed by atoms with Gasteiger partial charge in [0.25, 0.3) is 0 Å². The molecule has 5 nitrogen and oxygen atoms in total. The third kappa shape index (κ3) is 1.81. The predicted octanol–water partition coefficient (Wildman–Crippen LogP) is 1.97. The summed E-state index contributed by atoms with van der Waals surface area (Å²) >= 11 is 0. The molecule has 104 valence electrons. The van der Waals surface area contributed by atoms with Gasteiger partial charge in [0, 0.05) is 18.5 Å². The lowest BCUT2D eigenvalue weighted by atomic mass is 9.84. The molecule has 0 unspecified atom stereocenters. The molecule has 2 fully saturated rings. The van der Waals surface area contributed by atoms with Crippen LogP contribution in [0.3, 0.4) is 0 Å². The van der Waals surface area contributed by atoms with Gasteiger partial charge in [-0.15, -0.1) is 0 Å². The summed E-state index contributed by atoms with van der Waals surface area (Å²) in [6.45, 7) is 2.80. The molecule has 1 aromatic carbocycles. The fourth-order valence-corrected chi connectivity index (χ4v) is 3.13. The van der Waals surface area contributed by atoms with Crippen LogP contribution in [0.2, 0.25) is 0 Å². The first kappa shape index (κ1) is 11.9. The van der Waals surface area contributed by atoms with Crippen molar-refractivity contribution in [1.29, 1.82) is 0 Å². The molecule has 2 N–H and O–H groups in total. The largest absolute Gasteiger partial charge is 0.383 e. The maximum absolute atomic E-state index is 6.05. The van der Waals surface area contributed by atoms with Gasteiger partial charge in [-0.25, -0.2) is 4.98 Å². The lowest BCUT2D eigenvalue weighted by molar-refractivity contribution is -0.158. The molecule has 0 amide bonds. The van der Waals surface area contributed by atoms with Gasteiger partial charge in [0.2, 0.25) is 5.95 Å². The second kappa shape index (κ2) is 4.31. The smallest absolute Gasteiger partial charge is 0.227 e. The number of ether oxygens (including phenoxy) is 1. The highest BCUT2D eigenvalue weighted by Gasteiger charge is 2.41. The molecule has 5 heteroatoms. The number of piperidine rings is 1. The summed E-state index contributed by atoms with van der Waals surface area (Å²) in [6, 6.07) is 7.88. The van der Waals surface area contributed by atoms with E-state index in [9.17, 15) is 0 Å². The summed E-state index contributed by atoms with van der Waals surface area (Å²) in [5.74, 6) is 1.31. The third-order valence-electron chi connectivity index (χ3n) is 4.54. The highest BCUT2D eigenvalue weighted by atomic mass is 16.5. The fraction of sp³-hybridized carbons (Fsp3) is 0.467. The zero-order valence-electron chi connectivity index (χ0n) is 11.4. The molecule has 4 rings (SSSR count). The third-order valence-corrected chi connectivity index (χ3v) is 4.54. The number of rotatable bonds is 1. The molecule has 1 spiro atoms. The van der Waals surface area contributed by atoms with E-state index in [0.717, 1.165) is 49.4 Å². The summed E-state index contributed by atoms with van der Waals surface area (Å²) in [6.07, 6.45) is 3.31. The van der Waals surface area contributed by atoms with Crippen LogP contribution in [0, 0.1) is 0 Å². The molecule has 20 heavy (non-hydrogen) atoms. The number of para-hydroxylation sites is 1. The number of nitrogens with two attached hydrogens (primary N) is 1. The molecule has 0 atom stereocenters. The molecule has 0 radical (unpaired) electrons. The van der Waals surface area contributed by atoms with E-state index in [1.807, 2.05) is 24.3 Å². The first-order valence-corrected chi connectivity index (χ1v) is 7.17. The number of hydrogen-bond donors (Lipinski definition) is 1. The van der Waals surface area contributed by atoms with E-state index in [1.54, 1.807) is 0 Å². The van der Waals surface area contributed by atoms with Gasteiger partial charge >= 0.3 is 0 Å². The maximum atomic E-state index is 6.05. The van der Waals surface area contributed by atoms with Crippen LogP contribution in [0.5, 0.6) is 0 Å². The van der Waals surface area contributed by atoms with Crippen molar-refractivity contribution in [1.82, 2.24) is 9.97 Å². The Hall–Kier alpha value is -1.88. The van der Waals surface area contributed by atoms with E-state index in [4.69, 9.17) is 10.5 Å². The van der Waals surface area contributed by atoms with Crippen LogP contribution in [0.15, 0.2) is 24.3 Å².